The minimum atomic E-state index is -0.977. The minimum absolute atomic E-state index is 0.234. The third-order valence-corrected chi connectivity index (χ3v) is 4.12. The smallest absolute Gasteiger partial charge is 0.326 e. The van der Waals surface area contributed by atoms with Crippen LogP contribution in [0.3, 0.4) is 0 Å². The molecule has 6 heteroatoms. The van der Waals surface area contributed by atoms with Crippen LogP contribution in [0.4, 0.5) is 4.79 Å². The van der Waals surface area contributed by atoms with Gasteiger partial charge in [0.05, 0.1) is 0 Å². The molecule has 2 atom stereocenters. The van der Waals surface area contributed by atoms with Crippen molar-refractivity contribution in [3.05, 3.63) is 0 Å². The van der Waals surface area contributed by atoms with Crippen LogP contribution in [0.25, 0.3) is 0 Å². The van der Waals surface area contributed by atoms with E-state index >= 15 is 0 Å². The predicted molar refractivity (Wildman–Crippen MR) is 72.8 cm³/mol. The van der Waals surface area contributed by atoms with Gasteiger partial charge >= 0.3 is 12.0 Å². The Hall–Kier alpha value is -0.910. The van der Waals surface area contributed by atoms with Crippen molar-refractivity contribution >= 4 is 23.8 Å². The highest BCUT2D eigenvalue weighted by molar-refractivity contribution is 7.99. The average molecular weight is 274 g/mol. The number of urea groups is 1. The van der Waals surface area contributed by atoms with Crippen LogP contribution in [0.2, 0.25) is 0 Å². The summed E-state index contributed by atoms with van der Waals surface area (Å²) >= 11 is 1.90. The maximum Gasteiger partial charge on any atom is 0.326 e. The van der Waals surface area contributed by atoms with Crippen molar-refractivity contribution in [3.8, 4) is 0 Å². The molecule has 1 saturated heterocycles. The topological polar surface area (TPSA) is 78.4 Å². The lowest BCUT2D eigenvalue weighted by Crippen LogP contribution is -2.47. The molecule has 0 aromatic rings. The molecule has 2 unspecified atom stereocenters. The summed E-state index contributed by atoms with van der Waals surface area (Å²) < 4.78 is 0. The summed E-state index contributed by atoms with van der Waals surface area (Å²) in [5.74, 6) is 2.01. The molecule has 104 valence electrons. The van der Waals surface area contributed by atoms with Gasteiger partial charge in [0.2, 0.25) is 0 Å². The molecule has 0 aliphatic carbocycles. The van der Waals surface area contributed by atoms with Crippen LogP contribution in [-0.4, -0.2) is 41.2 Å². The average Bonchev–Trinajstić information content (AvgIpc) is 2.77. The number of carboxylic acids is 1. The van der Waals surface area contributed by atoms with Gasteiger partial charge in [-0.05, 0) is 36.2 Å². The fraction of sp³-hybridized carbons (Fsp3) is 0.833. The number of aliphatic carboxylic acids is 1. The summed E-state index contributed by atoms with van der Waals surface area (Å²) in [6.07, 6.45) is 1.57. The maximum absolute atomic E-state index is 11.6. The van der Waals surface area contributed by atoms with E-state index in [2.05, 4.69) is 10.6 Å². The monoisotopic (exact) mass is 274 g/mol. The number of hydrogen-bond acceptors (Lipinski definition) is 3. The normalized spacial score (nSPS) is 20.7. The Labute approximate surface area is 112 Å². The largest absolute Gasteiger partial charge is 0.480 e. The molecule has 0 aromatic carbocycles. The van der Waals surface area contributed by atoms with E-state index in [-0.39, 0.29) is 11.9 Å². The number of hydrogen-bond donors (Lipinski definition) is 3. The lowest BCUT2D eigenvalue weighted by atomic mass is 10.0. The molecule has 1 fully saturated rings. The number of nitrogens with one attached hydrogen (secondary N) is 2. The summed E-state index contributed by atoms with van der Waals surface area (Å²) in [6.45, 7) is 4.50. The Bertz CT molecular complexity index is 291. The molecule has 3 N–H and O–H groups in total. The number of thioether (sulfide) groups is 1. The highest BCUT2D eigenvalue weighted by Crippen LogP contribution is 2.22. The van der Waals surface area contributed by atoms with Crippen molar-refractivity contribution in [2.75, 3.05) is 18.1 Å². The van der Waals surface area contributed by atoms with Crippen LogP contribution in [0, 0.1) is 11.8 Å². The van der Waals surface area contributed by atoms with Gasteiger partial charge in [0.1, 0.15) is 6.04 Å². The van der Waals surface area contributed by atoms with Gasteiger partial charge in [-0.15, -0.1) is 0 Å². The van der Waals surface area contributed by atoms with Gasteiger partial charge in [-0.3, -0.25) is 0 Å². The SMILES string of the molecule is CC(C)CC(NC(=O)NCC1CCSC1)C(=O)O. The van der Waals surface area contributed by atoms with Gasteiger partial charge < -0.3 is 15.7 Å². The first kappa shape index (κ1) is 15.1. The number of carbonyl (C=O) groups excluding carboxylic acids is 1. The molecule has 1 rings (SSSR count). The quantitative estimate of drug-likeness (QED) is 0.686. The Balaban J connectivity index is 2.29. The fourth-order valence-corrected chi connectivity index (χ4v) is 3.17. The predicted octanol–water partition coefficient (Wildman–Crippen LogP) is 1.54. The molecule has 18 heavy (non-hydrogen) atoms. The van der Waals surface area contributed by atoms with Crippen molar-refractivity contribution < 1.29 is 14.7 Å². The van der Waals surface area contributed by atoms with Crippen molar-refractivity contribution in [2.24, 2.45) is 11.8 Å². The number of carboxylic acid groups (broad SMARTS) is 1. The van der Waals surface area contributed by atoms with Gasteiger partial charge in [-0.2, -0.15) is 11.8 Å². The minimum Gasteiger partial charge on any atom is -0.480 e. The van der Waals surface area contributed by atoms with Crippen LogP contribution in [-0.2, 0) is 4.79 Å². The lowest BCUT2D eigenvalue weighted by molar-refractivity contribution is -0.139. The standard InChI is InChI=1S/C12H22N2O3S/c1-8(2)5-10(11(15)16)14-12(17)13-6-9-3-4-18-7-9/h8-10H,3-7H2,1-2H3,(H,15,16)(H2,13,14,17). The zero-order valence-corrected chi connectivity index (χ0v) is 11.8. The Morgan fingerprint density at radius 1 is 1.44 bits per heavy atom. The summed E-state index contributed by atoms with van der Waals surface area (Å²) in [5.41, 5.74) is 0. The molecular formula is C12H22N2O3S. The second-order valence-electron chi connectivity index (χ2n) is 5.10. The van der Waals surface area contributed by atoms with Crippen molar-refractivity contribution in [3.63, 3.8) is 0 Å². The van der Waals surface area contributed by atoms with Crippen LogP contribution >= 0.6 is 11.8 Å². The second kappa shape index (κ2) is 7.51. The molecule has 0 saturated carbocycles. The van der Waals surface area contributed by atoms with E-state index in [0.29, 0.717) is 18.9 Å². The van der Waals surface area contributed by atoms with Crippen LogP contribution in [0.15, 0.2) is 0 Å². The highest BCUT2D eigenvalue weighted by Gasteiger charge is 2.22. The van der Waals surface area contributed by atoms with Crippen molar-refractivity contribution in [2.45, 2.75) is 32.7 Å². The third-order valence-electron chi connectivity index (χ3n) is 2.89. The summed E-state index contributed by atoms with van der Waals surface area (Å²) in [6, 6.07) is -1.18. The molecule has 1 aliphatic heterocycles. The van der Waals surface area contributed by atoms with Crippen LogP contribution in [0.1, 0.15) is 26.7 Å². The lowest BCUT2D eigenvalue weighted by Gasteiger charge is -2.17. The van der Waals surface area contributed by atoms with Gasteiger partial charge in [0, 0.05) is 6.54 Å². The van der Waals surface area contributed by atoms with Gasteiger partial charge in [0.25, 0.3) is 0 Å². The number of rotatable bonds is 6. The molecule has 0 bridgehead atoms. The van der Waals surface area contributed by atoms with Crippen molar-refractivity contribution in [1.29, 1.82) is 0 Å². The van der Waals surface area contributed by atoms with E-state index in [1.165, 1.54) is 0 Å². The Morgan fingerprint density at radius 3 is 2.67 bits per heavy atom. The first-order valence-corrected chi connectivity index (χ1v) is 7.49. The molecule has 1 heterocycles. The zero-order chi connectivity index (χ0) is 13.5. The molecule has 2 amide bonds. The third kappa shape index (κ3) is 5.62. The molecule has 0 aromatic heterocycles. The number of carbonyl (C=O) groups is 2. The first-order valence-electron chi connectivity index (χ1n) is 6.34. The van der Waals surface area contributed by atoms with E-state index in [1.54, 1.807) is 0 Å². The molecule has 1 aliphatic rings. The van der Waals surface area contributed by atoms with Gasteiger partial charge in [0.15, 0.2) is 0 Å². The zero-order valence-electron chi connectivity index (χ0n) is 10.9. The van der Waals surface area contributed by atoms with E-state index < -0.39 is 12.0 Å². The summed E-state index contributed by atoms with van der Waals surface area (Å²) in [7, 11) is 0. The fourth-order valence-electron chi connectivity index (χ4n) is 1.88. The van der Waals surface area contributed by atoms with E-state index in [9.17, 15) is 9.59 Å². The van der Waals surface area contributed by atoms with E-state index in [4.69, 9.17) is 5.11 Å². The van der Waals surface area contributed by atoms with Crippen LogP contribution in [0.5, 0.6) is 0 Å². The second-order valence-corrected chi connectivity index (χ2v) is 6.25. The molecule has 0 radical (unpaired) electrons. The summed E-state index contributed by atoms with van der Waals surface area (Å²) in [5, 5.41) is 14.3. The molecule has 5 nitrogen and oxygen atoms in total. The van der Waals surface area contributed by atoms with Crippen molar-refractivity contribution in [1.82, 2.24) is 10.6 Å². The maximum atomic E-state index is 11.6. The Morgan fingerprint density at radius 2 is 2.17 bits per heavy atom. The Kier molecular flexibility index (Phi) is 6.32. The van der Waals surface area contributed by atoms with E-state index in [0.717, 1.165) is 17.9 Å². The molecule has 0 spiro atoms. The van der Waals surface area contributed by atoms with E-state index in [1.807, 2.05) is 25.6 Å². The first-order chi connectivity index (χ1) is 8.49. The van der Waals surface area contributed by atoms with Gasteiger partial charge in [-0.25, -0.2) is 9.59 Å². The summed E-state index contributed by atoms with van der Waals surface area (Å²) in [4.78, 5) is 22.6. The highest BCUT2D eigenvalue weighted by atomic mass is 32.2. The van der Waals surface area contributed by atoms with Gasteiger partial charge in [-0.1, -0.05) is 13.8 Å². The molecular weight excluding hydrogens is 252 g/mol. The van der Waals surface area contributed by atoms with Crippen LogP contribution < -0.4 is 10.6 Å². The number of amides is 2.